The van der Waals surface area contributed by atoms with Crippen LogP contribution in [0.15, 0.2) is 9.98 Å². The molecule has 2 nitrogen and oxygen atoms in total. The van der Waals surface area contributed by atoms with Crippen molar-refractivity contribution >= 4 is 11.4 Å². The van der Waals surface area contributed by atoms with Crippen LogP contribution in [0, 0.1) is 21.7 Å². The van der Waals surface area contributed by atoms with Gasteiger partial charge in [-0.2, -0.15) is 0 Å². The Balaban J connectivity index is 3.00. The van der Waals surface area contributed by atoms with E-state index in [2.05, 4.69) is 76.2 Å². The second kappa shape index (κ2) is 6.92. The van der Waals surface area contributed by atoms with Crippen LogP contribution < -0.4 is 0 Å². The van der Waals surface area contributed by atoms with Gasteiger partial charge in [0.05, 0.1) is 6.04 Å². The average Bonchev–Trinajstić information content (AvgIpc) is 2.31. The number of hydrogen-bond acceptors (Lipinski definition) is 2. The molecule has 0 aromatic heterocycles. The molecule has 0 bridgehead atoms. The molecule has 0 unspecified atom stereocenters. The highest BCUT2D eigenvalue weighted by molar-refractivity contribution is 5.87. The van der Waals surface area contributed by atoms with Crippen molar-refractivity contribution in [3.05, 3.63) is 0 Å². The Kier molecular flexibility index (Phi) is 6.17. The first-order valence-electron chi connectivity index (χ1n) is 9.61. The minimum Gasteiger partial charge on any atom is -0.293 e. The molecule has 0 aromatic rings. The maximum absolute atomic E-state index is 5.14. The summed E-state index contributed by atoms with van der Waals surface area (Å²) in [6.45, 7) is 26.1. The lowest BCUT2D eigenvalue weighted by Gasteiger charge is -2.45. The molecular formula is C22H42N2. The fourth-order valence-corrected chi connectivity index (χ4v) is 3.80. The lowest BCUT2D eigenvalue weighted by atomic mass is 9.62. The molecule has 24 heavy (non-hydrogen) atoms. The predicted molar refractivity (Wildman–Crippen MR) is 110 cm³/mol. The van der Waals surface area contributed by atoms with Gasteiger partial charge in [0.25, 0.3) is 0 Å². The van der Waals surface area contributed by atoms with Crippen molar-refractivity contribution in [3.63, 3.8) is 0 Å². The molecule has 2 atom stereocenters. The first-order valence-corrected chi connectivity index (χ1v) is 9.61. The smallest absolute Gasteiger partial charge is 0.0510 e. The number of rotatable bonds is 3. The van der Waals surface area contributed by atoms with Crippen LogP contribution in [0.2, 0.25) is 0 Å². The topological polar surface area (TPSA) is 24.7 Å². The fourth-order valence-electron chi connectivity index (χ4n) is 3.80. The fraction of sp³-hybridized carbons (Fsp3) is 0.909. The third-order valence-electron chi connectivity index (χ3n) is 5.67. The molecule has 0 N–H and O–H groups in total. The summed E-state index contributed by atoms with van der Waals surface area (Å²) >= 11 is 0. The molecule has 0 radical (unpaired) electrons. The third kappa shape index (κ3) is 6.33. The van der Waals surface area contributed by atoms with Crippen LogP contribution in [0.5, 0.6) is 0 Å². The van der Waals surface area contributed by atoms with Crippen molar-refractivity contribution < 1.29 is 0 Å². The maximum atomic E-state index is 5.14. The highest BCUT2D eigenvalue weighted by atomic mass is 14.8. The Morgan fingerprint density at radius 1 is 0.875 bits per heavy atom. The summed E-state index contributed by atoms with van der Waals surface area (Å²) in [5.74, 6) is 0. The molecule has 1 aliphatic rings. The van der Waals surface area contributed by atoms with E-state index in [0.29, 0.717) is 11.5 Å². The highest BCUT2D eigenvalue weighted by Gasteiger charge is 2.41. The van der Waals surface area contributed by atoms with Crippen molar-refractivity contribution in [3.8, 4) is 0 Å². The van der Waals surface area contributed by atoms with Gasteiger partial charge in [-0.25, -0.2) is 0 Å². The minimum atomic E-state index is 0.166. The Morgan fingerprint density at radius 2 is 1.38 bits per heavy atom. The zero-order valence-corrected chi connectivity index (χ0v) is 18.3. The Hall–Kier alpha value is -0.660. The van der Waals surface area contributed by atoms with E-state index in [4.69, 9.17) is 9.98 Å². The molecule has 0 saturated heterocycles. The quantitative estimate of drug-likeness (QED) is 0.520. The van der Waals surface area contributed by atoms with E-state index in [-0.39, 0.29) is 16.2 Å². The van der Waals surface area contributed by atoms with Crippen molar-refractivity contribution in [2.75, 3.05) is 6.54 Å². The van der Waals surface area contributed by atoms with E-state index >= 15 is 0 Å². The van der Waals surface area contributed by atoms with Crippen LogP contribution in [0.4, 0.5) is 0 Å². The van der Waals surface area contributed by atoms with Crippen LogP contribution in [0.25, 0.3) is 0 Å². The molecule has 1 rings (SSSR count). The summed E-state index contributed by atoms with van der Waals surface area (Å²) in [4.78, 5) is 10.1. The van der Waals surface area contributed by atoms with E-state index in [1.54, 1.807) is 0 Å². The zero-order valence-electron chi connectivity index (χ0n) is 18.3. The van der Waals surface area contributed by atoms with Crippen LogP contribution in [-0.4, -0.2) is 24.0 Å². The van der Waals surface area contributed by atoms with Gasteiger partial charge < -0.3 is 0 Å². The summed E-state index contributed by atoms with van der Waals surface area (Å²) in [6, 6.07) is 0.433. The monoisotopic (exact) mass is 334 g/mol. The van der Waals surface area contributed by atoms with Gasteiger partial charge in [0.1, 0.15) is 0 Å². The van der Waals surface area contributed by atoms with Crippen molar-refractivity contribution in [1.29, 1.82) is 0 Å². The molecule has 2 heteroatoms. The number of nitrogens with zero attached hydrogens (tertiary/aromatic N) is 2. The molecule has 0 amide bonds. The highest BCUT2D eigenvalue weighted by Crippen LogP contribution is 2.47. The number of hydrogen-bond donors (Lipinski definition) is 0. The molecule has 0 spiro atoms. The van der Waals surface area contributed by atoms with Crippen LogP contribution in [-0.2, 0) is 0 Å². The zero-order chi connectivity index (χ0) is 19.0. The minimum absolute atomic E-state index is 0.166. The standard InChI is InChI=1S/C22H42N2/c1-16(19(3,4)5)23-15-22(11)13-18(12-21(9,10)14-22)24-17(2)20(6,7)8/h18H,12-15H2,1-11H3/t18-,22-/m0/s1. The maximum Gasteiger partial charge on any atom is 0.0510 e. The Bertz CT molecular complexity index is 497. The van der Waals surface area contributed by atoms with Crippen LogP contribution in [0.3, 0.4) is 0 Å². The van der Waals surface area contributed by atoms with Crippen molar-refractivity contribution in [2.45, 2.75) is 101 Å². The van der Waals surface area contributed by atoms with E-state index in [1.807, 2.05) is 0 Å². The van der Waals surface area contributed by atoms with E-state index in [9.17, 15) is 0 Å². The lowest BCUT2D eigenvalue weighted by Crippen LogP contribution is -2.40. The Morgan fingerprint density at radius 3 is 1.83 bits per heavy atom. The first kappa shape index (κ1) is 21.4. The van der Waals surface area contributed by atoms with Gasteiger partial charge in [0.15, 0.2) is 0 Å². The van der Waals surface area contributed by atoms with Crippen molar-refractivity contribution in [1.82, 2.24) is 0 Å². The summed E-state index contributed by atoms with van der Waals surface area (Å²) in [6.07, 6.45) is 3.59. The average molecular weight is 335 g/mol. The van der Waals surface area contributed by atoms with Gasteiger partial charge >= 0.3 is 0 Å². The second-order valence-electron chi connectivity index (χ2n) is 11.3. The first-order chi connectivity index (χ1) is 10.5. The molecule has 1 aliphatic carbocycles. The molecule has 0 aliphatic heterocycles. The van der Waals surface area contributed by atoms with Gasteiger partial charge in [0.2, 0.25) is 0 Å². The Labute approximate surface area is 151 Å². The lowest BCUT2D eigenvalue weighted by molar-refractivity contribution is 0.0911. The SMILES string of the molecule is CC(=NC[C@@]1(C)C[C@@H](N=C(C)C(C)(C)C)CC(C)(C)C1)C(C)(C)C. The van der Waals surface area contributed by atoms with E-state index in [1.165, 1.54) is 24.3 Å². The summed E-state index contributed by atoms with van der Waals surface area (Å²) < 4.78 is 0. The molecule has 0 heterocycles. The number of aliphatic imine (C=N–C) groups is 2. The van der Waals surface area contributed by atoms with E-state index < -0.39 is 0 Å². The second-order valence-corrected chi connectivity index (χ2v) is 11.3. The van der Waals surface area contributed by atoms with Crippen LogP contribution >= 0.6 is 0 Å². The summed E-state index contributed by atoms with van der Waals surface area (Å²) in [5, 5.41) is 0. The summed E-state index contributed by atoms with van der Waals surface area (Å²) in [7, 11) is 0. The molecule has 1 saturated carbocycles. The van der Waals surface area contributed by atoms with Gasteiger partial charge in [0, 0.05) is 18.0 Å². The van der Waals surface area contributed by atoms with Gasteiger partial charge in [-0.3, -0.25) is 9.98 Å². The molecule has 1 fully saturated rings. The van der Waals surface area contributed by atoms with Gasteiger partial charge in [-0.1, -0.05) is 62.3 Å². The van der Waals surface area contributed by atoms with Crippen molar-refractivity contribution in [2.24, 2.45) is 31.6 Å². The van der Waals surface area contributed by atoms with E-state index in [0.717, 1.165) is 13.0 Å². The molecule has 0 aromatic carbocycles. The molecule has 140 valence electrons. The van der Waals surface area contributed by atoms with Gasteiger partial charge in [-0.05, 0) is 54.8 Å². The molecular weight excluding hydrogens is 292 g/mol. The summed E-state index contributed by atoms with van der Waals surface area (Å²) in [5.41, 5.74) is 3.46. The third-order valence-corrected chi connectivity index (χ3v) is 5.67. The normalized spacial score (nSPS) is 29.7. The predicted octanol–water partition coefficient (Wildman–Crippen LogP) is 6.59. The van der Waals surface area contributed by atoms with Crippen LogP contribution in [0.1, 0.15) is 95.4 Å². The largest absolute Gasteiger partial charge is 0.293 e. The van der Waals surface area contributed by atoms with Gasteiger partial charge in [-0.15, -0.1) is 0 Å².